The monoisotopic (exact) mass is 338 g/mol. The van der Waals surface area contributed by atoms with Gasteiger partial charge in [-0.15, -0.1) is 0 Å². The van der Waals surface area contributed by atoms with Gasteiger partial charge in [-0.2, -0.15) is 0 Å². The summed E-state index contributed by atoms with van der Waals surface area (Å²) in [6.45, 7) is 2.38. The molecule has 0 bridgehead atoms. The van der Waals surface area contributed by atoms with Crippen molar-refractivity contribution in [3.05, 3.63) is 52.3 Å². The van der Waals surface area contributed by atoms with Crippen LogP contribution in [0.2, 0.25) is 10.2 Å². The Morgan fingerprint density at radius 1 is 1.32 bits per heavy atom. The number of nitrogens with one attached hydrogen (secondary N) is 1. The number of benzene rings is 1. The van der Waals surface area contributed by atoms with Crippen molar-refractivity contribution in [2.75, 3.05) is 11.9 Å². The predicted octanol–water partition coefficient (Wildman–Crippen LogP) is 4.49. The first-order valence-corrected chi connectivity index (χ1v) is 7.61. The summed E-state index contributed by atoms with van der Waals surface area (Å²) in [5.74, 6) is 0.659. The van der Waals surface area contributed by atoms with Gasteiger partial charge in [0, 0.05) is 17.6 Å². The lowest BCUT2D eigenvalue weighted by atomic mass is 10.2. The third-order valence-corrected chi connectivity index (χ3v) is 3.51. The number of ether oxygens (including phenoxy) is 1. The maximum atomic E-state index is 11.8. The van der Waals surface area contributed by atoms with E-state index in [1.807, 2.05) is 19.1 Å². The van der Waals surface area contributed by atoms with Gasteiger partial charge in [0.2, 0.25) is 5.91 Å². The lowest BCUT2D eigenvalue weighted by molar-refractivity contribution is -0.116. The Balaban J connectivity index is 1.74. The molecule has 2 rings (SSSR count). The normalized spacial score (nSPS) is 10.3. The zero-order valence-electron chi connectivity index (χ0n) is 12.1. The molecule has 4 nitrogen and oxygen atoms in total. The number of aromatic nitrogens is 1. The summed E-state index contributed by atoms with van der Waals surface area (Å²) in [6, 6.07) is 8.87. The van der Waals surface area contributed by atoms with Crippen LogP contribution < -0.4 is 10.1 Å². The highest BCUT2D eigenvalue weighted by atomic mass is 35.5. The molecule has 1 aromatic heterocycles. The summed E-state index contributed by atoms with van der Waals surface area (Å²) in [6.07, 6.45) is 2.52. The van der Waals surface area contributed by atoms with Crippen LogP contribution in [0.15, 0.2) is 36.5 Å². The van der Waals surface area contributed by atoms with Gasteiger partial charge in [0.25, 0.3) is 0 Å². The van der Waals surface area contributed by atoms with Crippen LogP contribution in [0.4, 0.5) is 5.69 Å². The maximum absolute atomic E-state index is 11.8. The van der Waals surface area contributed by atoms with Gasteiger partial charge >= 0.3 is 0 Å². The van der Waals surface area contributed by atoms with Crippen molar-refractivity contribution in [1.82, 2.24) is 4.98 Å². The number of nitrogens with zero attached hydrogens (tertiary/aromatic N) is 1. The third kappa shape index (κ3) is 4.90. The first-order chi connectivity index (χ1) is 10.6. The van der Waals surface area contributed by atoms with Crippen molar-refractivity contribution in [2.45, 2.75) is 19.8 Å². The number of hydrogen-bond donors (Lipinski definition) is 1. The molecule has 1 aromatic carbocycles. The molecule has 0 atom stereocenters. The number of carbonyl (C=O) groups is 1. The van der Waals surface area contributed by atoms with Gasteiger partial charge in [-0.05, 0) is 49.2 Å². The van der Waals surface area contributed by atoms with Gasteiger partial charge in [-0.3, -0.25) is 4.79 Å². The van der Waals surface area contributed by atoms with Crippen LogP contribution in [0.5, 0.6) is 5.75 Å². The Bertz CT molecular complexity index is 662. The Hall–Kier alpha value is -1.78. The van der Waals surface area contributed by atoms with Gasteiger partial charge in [0.05, 0.1) is 12.3 Å². The molecule has 116 valence electrons. The molecule has 1 N–H and O–H groups in total. The average Bonchev–Trinajstić information content (AvgIpc) is 2.48. The maximum Gasteiger partial charge on any atom is 0.224 e. The molecule has 0 aliphatic heterocycles. The smallest absolute Gasteiger partial charge is 0.224 e. The van der Waals surface area contributed by atoms with Crippen molar-refractivity contribution in [3.63, 3.8) is 0 Å². The number of rotatable bonds is 6. The van der Waals surface area contributed by atoms with Crippen molar-refractivity contribution < 1.29 is 9.53 Å². The lowest BCUT2D eigenvalue weighted by Crippen LogP contribution is -2.13. The highest BCUT2D eigenvalue weighted by molar-refractivity contribution is 6.32. The summed E-state index contributed by atoms with van der Waals surface area (Å²) in [7, 11) is 0. The van der Waals surface area contributed by atoms with E-state index in [-0.39, 0.29) is 11.1 Å². The number of anilines is 1. The zero-order chi connectivity index (χ0) is 15.9. The Kier molecular flexibility index (Phi) is 6.04. The number of hydrogen-bond acceptors (Lipinski definition) is 3. The van der Waals surface area contributed by atoms with Crippen molar-refractivity contribution in [3.8, 4) is 5.75 Å². The Morgan fingerprint density at radius 2 is 2.14 bits per heavy atom. The summed E-state index contributed by atoms with van der Waals surface area (Å²) < 4.78 is 5.64. The van der Waals surface area contributed by atoms with Crippen molar-refractivity contribution in [2.24, 2.45) is 0 Å². The Morgan fingerprint density at radius 3 is 2.86 bits per heavy atom. The van der Waals surface area contributed by atoms with E-state index in [4.69, 9.17) is 27.9 Å². The van der Waals surface area contributed by atoms with E-state index in [0.717, 1.165) is 11.3 Å². The highest BCUT2D eigenvalue weighted by Gasteiger charge is 2.06. The third-order valence-electron chi connectivity index (χ3n) is 2.98. The quantitative estimate of drug-likeness (QED) is 0.623. The molecular weight excluding hydrogens is 323 g/mol. The van der Waals surface area contributed by atoms with Gasteiger partial charge in [-0.1, -0.05) is 23.2 Å². The van der Waals surface area contributed by atoms with Crippen LogP contribution in [0.25, 0.3) is 0 Å². The van der Waals surface area contributed by atoms with Crippen LogP contribution in [0, 0.1) is 6.92 Å². The fourth-order valence-electron chi connectivity index (χ4n) is 1.88. The van der Waals surface area contributed by atoms with Gasteiger partial charge in [0.1, 0.15) is 5.75 Å². The summed E-state index contributed by atoms with van der Waals surface area (Å²) >= 11 is 11.8. The van der Waals surface area contributed by atoms with Crippen molar-refractivity contribution >= 4 is 34.8 Å². The molecule has 0 unspecified atom stereocenters. The molecule has 1 amide bonds. The first kappa shape index (κ1) is 16.6. The molecule has 0 radical (unpaired) electrons. The average molecular weight is 339 g/mol. The molecule has 0 saturated heterocycles. The number of amides is 1. The largest absolute Gasteiger partial charge is 0.493 e. The first-order valence-electron chi connectivity index (χ1n) is 6.85. The number of halogens is 2. The molecular formula is C16H16Cl2N2O2. The van der Waals surface area contributed by atoms with Gasteiger partial charge in [0.15, 0.2) is 5.15 Å². The van der Waals surface area contributed by atoms with E-state index in [1.165, 1.54) is 0 Å². The fourth-order valence-corrected chi connectivity index (χ4v) is 2.27. The van der Waals surface area contributed by atoms with Gasteiger partial charge < -0.3 is 10.1 Å². The highest BCUT2D eigenvalue weighted by Crippen LogP contribution is 2.22. The lowest BCUT2D eigenvalue weighted by Gasteiger charge is -2.09. The summed E-state index contributed by atoms with van der Waals surface area (Å²) in [5.41, 5.74) is 1.49. The number of aryl methyl sites for hydroxylation is 1. The second-order valence-corrected chi connectivity index (χ2v) is 5.55. The molecule has 6 heteroatoms. The van der Waals surface area contributed by atoms with E-state index >= 15 is 0 Å². The second kappa shape index (κ2) is 8.01. The molecule has 0 spiro atoms. The molecule has 0 saturated carbocycles. The van der Waals surface area contributed by atoms with E-state index < -0.39 is 0 Å². The van der Waals surface area contributed by atoms with Crippen LogP contribution in [-0.2, 0) is 4.79 Å². The Labute approximate surface area is 139 Å². The second-order valence-electron chi connectivity index (χ2n) is 4.75. The minimum atomic E-state index is -0.119. The van der Waals surface area contributed by atoms with Crippen LogP contribution >= 0.6 is 23.2 Å². The molecule has 0 fully saturated rings. The van der Waals surface area contributed by atoms with Crippen LogP contribution in [0.1, 0.15) is 18.4 Å². The molecule has 22 heavy (non-hydrogen) atoms. The standard InChI is InChI=1S/C16H16Cl2N2O2/c1-11-10-12(17)6-7-14(11)22-9-3-5-15(21)20-13-4-2-8-19-16(13)18/h2,4,6-8,10H,3,5,9H2,1H3,(H,20,21). The summed E-state index contributed by atoms with van der Waals surface area (Å²) in [4.78, 5) is 15.7. The summed E-state index contributed by atoms with van der Waals surface area (Å²) in [5, 5.41) is 3.68. The SMILES string of the molecule is Cc1cc(Cl)ccc1OCCCC(=O)Nc1cccnc1Cl. The van der Waals surface area contributed by atoms with Crippen LogP contribution in [-0.4, -0.2) is 17.5 Å². The zero-order valence-corrected chi connectivity index (χ0v) is 13.6. The molecule has 2 aromatic rings. The number of pyridine rings is 1. The topological polar surface area (TPSA) is 51.2 Å². The molecule has 1 heterocycles. The van der Waals surface area contributed by atoms with Crippen LogP contribution in [0.3, 0.4) is 0 Å². The van der Waals surface area contributed by atoms with E-state index in [9.17, 15) is 4.79 Å². The molecule has 0 aliphatic rings. The minimum Gasteiger partial charge on any atom is -0.493 e. The minimum absolute atomic E-state index is 0.119. The van der Waals surface area contributed by atoms with E-state index in [1.54, 1.807) is 24.4 Å². The van der Waals surface area contributed by atoms with Gasteiger partial charge in [-0.25, -0.2) is 4.98 Å². The van der Waals surface area contributed by atoms with E-state index in [2.05, 4.69) is 10.3 Å². The van der Waals surface area contributed by atoms with Crippen molar-refractivity contribution in [1.29, 1.82) is 0 Å². The number of carbonyl (C=O) groups excluding carboxylic acids is 1. The fraction of sp³-hybridized carbons (Fsp3) is 0.250. The molecule has 0 aliphatic carbocycles. The van der Waals surface area contributed by atoms with E-state index in [0.29, 0.717) is 30.2 Å². The predicted molar refractivity (Wildman–Crippen MR) is 88.8 cm³/mol.